The van der Waals surface area contributed by atoms with E-state index in [0.29, 0.717) is 74.1 Å². The number of carbonyl (C=O) groups is 1. The number of fused-ring (bicyclic) bond motifs is 2. The van der Waals surface area contributed by atoms with Gasteiger partial charge in [-0.25, -0.2) is 4.79 Å². The lowest BCUT2D eigenvalue weighted by atomic mass is 9.94. The van der Waals surface area contributed by atoms with E-state index in [9.17, 15) is 4.79 Å². The molecule has 48 heavy (non-hydrogen) atoms. The number of rotatable bonds is 7. The Morgan fingerprint density at radius 1 is 1.08 bits per heavy atom. The van der Waals surface area contributed by atoms with E-state index in [1.807, 2.05) is 39.1 Å². The number of hydrogen-bond acceptors (Lipinski definition) is 10. The van der Waals surface area contributed by atoms with E-state index in [0.717, 1.165) is 58.8 Å². The average molecular weight is 678 g/mol. The summed E-state index contributed by atoms with van der Waals surface area (Å²) in [4.78, 5) is 29.2. The number of nitrogens with one attached hydrogen (secondary N) is 1. The lowest BCUT2D eigenvalue weighted by Gasteiger charge is -2.36. The minimum atomic E-state index is -0.564. The molecule has 3 aliphatic heterocycles. The van der Waals surface area contributed by atoms with E-state index in [1.54, 1.807) is 4.90 Å². The van der Waals surface area contributed by atoms with Crippen LogP contribution in [0.25, 0.3) is 32.9 Å². The molecule has 3 saturated heterocycles. The maximum Gasteiger partial charge on any atom is 0.410 e. The summed E-state index contributed by atoms with van der Waals surface area (Å²) in [6.45, 7) is 12.4. The number of ether oxygens (including phenoxy) is 4. The summed E-state index contributed by atoms with van der Waals surface area (Å²) in [6.07, 6.45) is 4.30. The van der Waals surface area contributed by atoms with Crippen molar-refractivity contribution < 1.29 is 23.7 Å². The first-order chi connectivity index (χ1) is 23.1. The van der Waals surface area contributed by atoms with Crippen LogP contribution in [0.15, 0.2) is 24.4 Å². The Balaban J connectivity index is 1.35. The first kappa shape index (κ1) is 32.7. The van der Waals surface area contributed by atoms with Gasteiger partial charge in [-0.15, -0.1) is 0 Å². The molecule has 2 aromatic carbocycles. The van der Waals surface area contributed by atoms with Gasteiger partial charge in [0.05, 0.1) is 29.9 Å². The van der Waals surface area contributed by atoms with Crippen LogP contribution in [-0.4, -0.2) is 113 Å². The number of hydrogen-bond donors (Lipinski definition) is 1. The summed E-state index contributed by atoms with van der Waals surface area (Å²) in [7, 11) is 2.13. The first-order valence-corrected chi connectivity index (χ1v) is 17.2. The van der Waals surface area contributed by atoms with Crippen LogP contribution in [0.2, 0.25) is 5.02 Å². The zero-order valence-electron chi connectivity index (χ0n) is 28.3. The Labute approximate surface area is 285 Å². The highest BCUT2D eigenvalue weighted by Crippen LogP contribution is 2.48. The van der Waals surface area contributed by atoms with Crippen LogP contribution >= 0.6 is 11.6 Å². The van der Waals surface area contributed by atoms with Crippen LogP contribution in [0, 0.1) is 6.92 Å². The van der Waals surface area contributed by atoms with Gasteiger partial charge in [-0.05, 0) is 71.8 Å². The quantitative estimate of drug-likeness (QED) is 0.256. The van der Waals surface area contributed by atoms with Crippen LogP contribution in [0.5, 0.6) is 11.8 Å². The number of carbonyl (C=O) groups excluding carboxylic acids is 1. The van der Waals surface area contributed by atoms with Crippen LogP contribution in [0.1, 0.15) is 45.6 Å². The predicted octanol–water partition coefficient (Wildman–Crippen LogP) is 5.83. The second-order valence-corrected chi connectivity index (χ2v) is 14.4. The van der Waals surface area contributed by atoms with Crippen molar-refractivity contribution in [3.8, 4) is 22.9 Å². The maximum absolute atomic E-state index is 12.9. The van der Waals surface area contributed by atoms with Crippen molar-refractivity contribution in [3.63, 3.8) is 0 Å². The summed E-state index contributed by atoms with van der Waals surface area (Å²) < 4.78 is 24.6. The van der Waals surface area contributed by atoms with Gasteiger partial charge in [0, 0.05) is 60.5 Å². The Morgan fingerprint density at radius 2 is 1.90 bits per heavy atom. The summed E-state index contributed by atoms with van der Waals surface area (Å²) in [5.74, 6) is 1.27. The number of nitrogens with zero attached hydrogens (tertiary/aromatic N) is 6. The highest BCUT2D eigenvalue weighted by atomic mass is 35.5. The van der Waals surface area contributed by atoms with Crippen molar-refractivity contribution >= 4 is 45.3 Å². The zero-order valence-corrected chi connectivity index (χ0v) is 29.1. The number of H-pyrrole nitrogens is 1. The molecule has 2 atom stereocenters. The molecular weight excluding hydrogens is 634 g/mol. The van der Waals surface area contributed by atoms with Crippen molar-refractivity contribution in [2.75, 3.05) is 64.5 Å². The first-order valence-electron chi connectivity index (χ1n) is 16.8. The molecule has 0 spiro atoms. The molecule has 0 bridgehead atoms. The molecule has 1 amide bonds. The number of benzene rings is 2. The number of piperazine rings is 1. The van der Waals surface area contributed by atoms with Gasteiger partial charge in [-0.1, -0.05) is 17.7 Å². The van der Waals surface area contributed by atoms with Crippen molar-refractivity contribution in [1.29, 1.82) is 0 Å². The third-order valence-corrected chi connectivity index (χ3v) is 9.72. The molecule has 0 aliphatic carbocycles. The highest BCUT2D eigenvalue weighted by Gasteiger charge is 2.31. The van der Waals surface area contributed by atoms with Crippen molar-refractivity contribution in [3.05, 3.63) is 35.0 Å². The molecule has 1 unspecified atom stereocenters. The van der Waals surface area contributed by atoms with Gasteiger partial charge in [0.2, 0.25) is 0 Å². The largest absolute Gasteiger partial charge is 0.485 e. The molecule has 0 radical (unpaired) electrons. The molecule has 0 saturated carbocycles. The minimum Gasteiger partial charge on any atom is -0.485 e. The van der Waals surface area contributed by atoms with E-state index < -0.39 is 5.60 Å². The van der Waals surface area contributed by atoms with E-state index in [4.69, 9.17) is 40.5 Å². The molecule has 13 heteroatoms. The molecule has 2 aromatic heterocycles. The fourth-order valence-corrected chi connectivity index (χ4v) is 7.13. The van der Waals surface area contributed by atoms with E-state index in [2.05, 4.69) is 40.0 Å². The number of aromatic nitrogens is 4. The van der Waals surface area contributed by atoms with Crippen LogP contribution < -0.4 is 14.4 Å². The average Bonchev–Trinajstić information content (AvgIpc) is 3.83. The maximum atomic E-state index is 12.9. The number of halogens is 1. The third kappa shape index (κ3) is 6.57. The van der Waals surface area contributed by atoms with Gasteiger partial charge in [0.15, 0.2) is 5.75 Å². The van der Waals surface area contributed by atoms with Crippen LogP contribution in [-0.2, 0) is 9.47 Å². The molecular formula is C35H44ClN7O5. The van der Waals surface area contributed by atoms with E-state index >= 15 is 0 Å². The molecule has 256 valence electrons. The molecule has 7 rings (SSSR count). The lowest BCUT2D eigenvalue weighted by Crippen LogP contribution is -2.50. The van der Waals surface area contributed by atoms with Gasteiger partial charge in [0.1, 0.15) is 29.6 Å². The molecule has 3 aliphatic rings. The topological polar surface area (TPSA) is 118 Å². The zero-order chi connectivity index (χ0) is 33.6. The normalized spacial score (nSPS) is 20.6. The second-order valence-electron chi connectivity index (χ2n) is 14.0. The Kier molecular flexibility index (Phi) is 8.99. The van der Waals surface area contributed by atoms with E-state index in [-0.39, 0.29) is 18.2 Å². The molecule has 4 aromatic rings. The number of aryl methyl sites for hydroxylation is 1. The fourth-order valence-electron chi connectivity index (χ4n) is 6.84. The lowest BCUT2D eigenvalue weighted by molar-refractivity contribution is 0.0240. The number of likely N-dealkylation sites (tertiary alicyclic amines) is 1. The predicted molar refractivity (Wildman–Crippen MR) is 185 cm³/mol. The van der Waals surface area contributed by atoms with Gasteiger partial charge in [0.25, 0.3) is 0 Å². The molecule has 12 nitrogen and oxygen atoms in total. The Morgan fingerprint density at radius 3 is 2.60 bits per heavy atom. The van der Waals surface area contributed by atoms with Gasteiger partial charge in [-0.3, -0.25) is 5.10 Å². The third-order valence-electron chi connectivity index (χ3n) is 9.42. The minimum absolute atomic E-state index is 0.165. The second kappa shape index (κ2) is 13.2. The van der Waals surface area contributed by atoms with E-state index in [1.165, 1.54) is 0 Å². The van der Waals surface area contributed by atoms with Crippen molar-refractivity contribution in [1.82, 2.24) is 30.0 Å². The summed E-state index contributed by atoms with van der Waals surface area (Å²) >= 11 is 7.29. The SMILES string of the molecule is Cc1ccc2[nH]ncc2c1-c1c(Cl)cc2c(N3CCN(C(=O)OC(C)(C)C)CC3)nc(OC[C@@H]3CCCN3C)nc2c1OC1CCOC1. The highest BCUT2D eigenvalue weighted by molar-refractivity contribution is 6.35. The van der Waals surface area contributed by atoms with Crippen LogP contribution in [0.3, 0.4) is 0 Å². The molecule has 1 N–H and O–H groups in total. The number of amides is 1. The number of aromatic amines is 1. The Bertz CT molecular complexity index is 1810. The number of anilines is 1. The monoisotopic (exact) mass is 677 g/mol. The standard InChI is InChI=1S/C35H44ClN7O5/c1-21-8-9-27-25(18-37-40-27)28(21)29-26(36)17-24-30(31(29)47-23-10-16-45-20-23)38-33(46-19-22-7-6-11-41(22)5)39-32(24)42-12-14-43(15-13-42)34(44)48-35(2,3)4/h8-9,17-18,22-23H,6-7,10-16,19-20H2,1-5H3,(H,37,40)/t22-,23?/m0/s1. The van der Waals surface area contributed by atoms with Gasteiger partial charge in [-0.2, -0.15) is 15.1 Å². The van der Waals surface area contributed by atoms with Gasteiger partial charge >= 0.3 is 12.1 Å². The molecule has 3 fully saturated rings. The number of likely N-dealkylation sites (N-methyl/N-ethyl adjacent to an activating group) is 1. The fraction of sp³-hybridized carbons (Fsp3) is 0.543. The molecule has 5 heterocycles. The van der Waals surface area contributed by atoms with Crippen molar-refractivity contribution in [2.45, 2.75) is 64.7 Å². The summed E-state index contributed by atoms with van der Waals surface area (Å²) in [5.41, 5.74) is 3.68. The summed E-state index contributed by atoms with van der Waals surface area (Å²) in [5, 5.41) is 9.64. The Hall–Kier alpha value is -3.87. The van der Waals surface area contributed by atoms with Crippen LogP contribution in [0.4, 0.5) is 10.6 Å². The summed E-state index contributed by atoms with van der Waals surface area (Å²) in [6, 6.07) is 6.59. The van der Waals surface area contributed by atoms with Gasteiger partial charge < -0.3 is 33.6 Å². The smallest absolute Gasteiger partial charge is 0.410 e. The van der Waals surface area contributed by atoms with Crippen molar-refractivity contribution in [2.24, 2.45) is 0 Å².